The topological polar surface area (TPSA) is 29.9 Å². The van der Waals surface area contributed by atoms with Crippen molar-refractivity contribution in [2.75, 3.05) is 0 Å². The molecule has 0 unspecified atom stereocenters. The second-order valence-corrected chi connectivity index (χ2v) is 9.83. The van der Waals surface area contributed by atoms with E-state index in [4.69, 9.17) is 4.42 Å². The molecule has 3 heterocycles. The van der Waals surface area contributed by atoms with Crippen molar-refractivity contribution in [1.29, 1.82) is 0 Å². The van der Waals surface area contributed by atoms with Gasteiger partial charge in [-0.05, 0) is 60.4 Å². The van der Waals surface area contributed by atoms with Crippen LogP contribution in [0, 0.1) is 31.5 Å². The first kappa shape index (κ1) is 21.2. The molecular formula is C29H27F2N2O+. The molecule has 3 aromatic heterocycles. The van der Waals surface area contributed by atoms with E-state index < -0.39 is 11.8 Å². The maximum atomic E-state index is 14.8. The van der Waals surface area contributed by atoms with Crippen molar-refractivity contribution in [1.82, 2.24) is 4.98 Å². The summed E-state index contributed by atoms with van der Waals surface area (Å²) in [6, 6.07) is 11.6. The molecule has 1 aliphatic carbocycles. The SMILES string of the molecule is Cc1cc2c(oc3nc(F)cc(F)c32)c(-c2c3ccc(CC4CCCC4)cc3cc[n+]2C)c1C. The van der Waals surface area contributed by atoms with Crippen molar-refractivity contribution >= 4 is 32.8 Å². The third kappa shape index (κ3) is 3.29. The quantitative estimate of drug-likeness (QED) is 0.211. The maximum Gasteiger partial charge on any atom is 0.232 e. The van der Waals surface area contributed by atoms with E-state index >= 15 is 0 Å². The molecule has 5 aromatic rings. The number of aromatic nitrogens is 2. The predicted octanol–water partition coefficient (Wildman–Crippen LogP) is 7.25. The van der Waals surface area contributed by atoms with E-state index in [1.54, 1.807) is 0 Å². The molecule has 3 nitrogen and oxygen atoms in total. The lowest BCUT2D eigenvalue weighted by Crippen LogP contribution is -2.31. The number of pyridine rings is 2. The highest BCUT2D eigenvalue weighted by molar-refractivity contribution is 6.11. The number of furan rings is 1. The van der Waals surface area contributed by atoms with Gasteiger partial charge in [-0.25, -0.2) is 8.96 Å². The predicted molar refractivity (Wildman–Crippen MR) is 131 cm³/mol. The van der Waals surface area contributed by atoms with Crippen LogP contribution < -0.4 is 4.57 Å². The summed E-state index contributed by atoms with van der Waals surface area (Å²) in [6.07, 6.45) is 8.52. The fourth-order valence-corrected chi connectivity index (χ4v) is 5.76. The van der Waals surface area contributed by atoms with Gasteiger partial charge in [0.2, 0.25) is 17.4 Å². The van der Waals surface area contributed by atoms with Crippen LogP contribution in [0.25, 0.3) is 44.1 Å². The van der Waals surface area contributed by atoms with Gasteiger partial charge in [0, 0.05) is 17.5 Å². The minimum atomic E-state index is -0.885. The van der Waals surface area contributed by atoms with Crippen molar-refractivity contribution in [3.05, 3.63) is 71.1 Å². The van der Waals surface area contributed by atoms with Gasteiger partial charge in [-0.15, -0.1) is 0 Å². The molecule has 0 spiro atoms. The van der Waals surface area contributed by atoms with E-state index in [-0.39, 0.29) is 11.1 Å². The lowest BCUT2D eigenvalue weighted by Gasteiger charge is -2.13. The molecule has 6 rings (SSSR count). The summed E-state index contributed by atoms with van der Waals surface area (Å²) in [5.74, 6) is -0.757. The van der Waals surface area contributed by atoms with Gasteiger partial charge < -0.3 is 4.42 Å². The molecule has 1 saturated carbocycles. The average Bonchev–Trinajstić information content (AvgIpc) is 3.43. The summed E-state index contributed by atoms with van der Waals surface area (Å²) in [5, 5.41) is 3.12. The van der Waals surface area contributed by atoms with E-state index in [9.17, 15) is 8.78 Å². The zero-order valence-corrected chi connectivity index (χ0v) is 19.7. The van der Waals surface area contributed by atoms with Crippen molar-refractivity contribution in [2.24, 2.45) is 13.0 Å². The highest BCUT2D eigenvalue weighted by atomic mass is 19.1. The Labute approximate surface area is 197 Å². The Morgan fingerprint density at radius 3 is 2.62 bits per heavy atom. The van der Waals surface area contributed by atoms with Crippen molar-refractivity contribution in [3.8, 4) is 11.3 Å². The summed E-state index contributed by atoms with van der Waals surface area (Å²) >= 11 is 0. The van der Waals surface area contributed by atoms with E-state index in [1.807, 2.05) is 20.0 Å². The normalized spacial score (nSPS) is 14.7. The van der Waals surface area contributed by atoms with Crippen LogP contribution in [-0.4, -0.2) is 4.98 Å². The van der Waals surface area contributed by atoms with Gasteiger partial charge in [-0.1, -0.05) is 37.8 Å². The summed E-state index contributed by atoms with van der Waals surface area (Å²) in [6.45, 7) is 4.06. The first-order chi connectivity index (χ1) is 16.4. The Kier molecular flexibility index (Phi) is 4.91. The van der Waals surface area contributed by atoms with Crippen LogP contribution in [0.3, 0.4) is 0 Å². The largest absolute Gasteiger partial charge is 0.437 e. The zero-order valence-electron chi connectivity index (χ0n) is 19.7. The summed E-state index contributed by atoms with van der Waals surface area (Å²) in [7, 11) is 2.01. The number of fused-ring (bicyclic) bond motifs is 4. The third-order valence-corrected chi connectivity index (χ3v) is 7.61. The minimum Gasteiger partial charge on any atom is -0.437 e. The van der Waals surface area contributed by atoms with E-state index in [2.05, 4.69) is 46.9 Å². The Morgan fingerprint density at radius 2 is 1.82 bits per heavy atom. The Morgan fingerprint density at radius 1 is 1.03 bits per heavy atom. The molecular weight excluding hydrogens is 430 g/mol. The lowest BCUT2D eigenvalue weighted by atomic mass is 9.92. The molecule has 0 amide bonds. The number of hydrogen-bond acceptors (Lipinski definition) is 2. The first-order valence-electron chi connectivity index (χ1n) is 12.0. The van der Waals surface area contributed by atoms with Gasteiger partial charge >= 0.3 is 0 Å². The first-order valence-corrected chi connectivity index (χ1v) is 12.0. The molecule has 2 aromatic carbocycles. The van der Waals surface area contributed by atoms with E-state index in [1.165, 1.54) is 36.6 Å². The summed E-state index contributed by atoms with van der Waals surface area (Å²) in [5.41, 5.74) is 5.85. The Bertz CT molecular complexity index is 1600. The molecule has 1 fully saturated rings. The Balaban J connectivity index is 1.62. The van der Waals surface area contributed by atoms with Gasteiger partial charge in [0.15, 0.2) is 11.8 Å². The minimum absolute atomic E-state index is 0.0134. The van der Waals surface area contributed by atoms with Crippen molar-refractivity contribution < 1.29 is 17.8 Å². The maximum absolute atomic E-state index is 14.8. The van der Waals surface area contributed by atoms with Crippen LogP contribution in [0.1, 0.15) is 42.4 Å². The fourth-order valence-electron chi connectivity index (χ4n) is 5.76. The summed E-state index contributed by atoms with van der Waals surface area (Å²) in [4.78, 5) is 3.83. The van der Waals surface area contributed by atoms with Crippen LogP contribution in [-0.2, 0) is 13.5 Å². The third-order valence-electron chi connectivity index (χ3n) is 7.61. The lowest BCUT2D eigenvalue weighted by molar-refractivity contribution is -0.659. The number of nitrogens with zero attached hydrogens (tertiary/aromatic N) is 2. The number of rotatable bonds is 3. The standard InChI is InChI=1S/C29H27F2N2O/c1-16-12-22-26-23(30)15-24(31)32-29(26)34-28(22)25(17(16)2)27-21-9-8-19(13-18-6-4-5-7-18)14-20(21)10-11-33(27)3/h8-12,14-15,18H,4-7,13H2,1-3H3/q+1. The van der Waals surface area contributed by atoms with Crippen LogP contribution in [0.5, 0.6) is 0 Å². The van der Waals surface area contributed by atoms with E-state index in [0.29, 0.717) is 11.0 Å². The highest BCUT2D eigenvalue weighted by Gasteiger charge is 2.26. The van der Waals surface area contributed by atoms with Gasteiger partial charge in [0.05, 0.1) is 16.3 Å². The molecule has 0 N–H and O–H groups in total. The van der Waals surface area contributed by atoms with Crippen LogP contribution in [0.2, 0.25) is 0 Å². The molecule has 0 bridgehead atoms. The van der Waals surface area contributed by atoms with Gasteiger partial charge in [-0.3, -0.25) is 0 Å². The molecule has 34 heavy (non-hydrogen) atoms. The highest BCUT2D eigenvalue weighted by Crippen LogP contribution is 2.41. The fraction of sp³-hybridized carbons (Fsp3) is 0.310. The van der Waals surface area contributed by atoms with Gasteiger partial charge in [0.25, 0.3) is 0 Å². The number of aryl methyl sites for hydroxylation is 2. The molecule has 5 heteroatoms. The van der Waals surface area contributed by atoms with Crippen molar-refractivity contribution in [3.63, 3.8) is 0 Å². The molecule has 172 valence electrons. The monoisotopic (exact) mass is 457 g/mol. The van der Waals surface area contributed by atoms with Gasteiger partial charge in [0.1, 0.15) is 12.9 Å². The van der Waals surface area contributed by atoms with Gasteiger partial charge in [-0.2, -0.15) is 9.37 Å². The average molecular weight is 458 g/mol. The zero-order chi connectivity index (χ0) is 23.6. The molecule has 0 saturated heterocycles. The molecule has 1 aliphatic rings. The second kappa shape index (κ2) is 7.86. The van der Waals surface area contributed by atoms with Crippen molar-refractivity contribution in [2.45, 2.75) is 46.0 Å². The smallest absolute Gasteiger partial charge is 0.232 e. The number of halogens is 2. The Hall–Kier alpha value is -3.34. The number of hydrogen-bond donors (Lipinski definition) is 0. The number of benzene rings is 2. The van der Waals surface area contributed by atoms with Crippen LogP contribution in [0.15, 0.2) is 47.0 Å². The molecule has 0 radical (unpaired) electrons. The second-order valence-electron chi connectivity index (χ2n) is 9.83. The molecule has 0 aliphatic heterocycles. The van der Waals surface area contributed by atoms with E-state index in [0.717, 1.165) is 46.2 Å². The summed E-state index contributed by atoms with van der Waals surface area (Å²) < 4.78 is 36.8. The molecule has 0 atom stereocenters. The van der Waals surface area contributed by atoms with Crippen LogP contribution >= 0.6 is 0 Å². The van der Waals surface area contributed by atoms with Crippen LogP contribution in [0.4, 0.5) is 8.78 Å².